The van der Waals surface area contributed by atoms with Gasteiger partial charge in [-0.15, -0.1) is 11.3 Å². The number of piperidine rings is 2. The average molecular weight is 469 g/mol. The first kappa shape index (κ1) is 21.9. The molecule has 0 bridgehead atoms. The Kier molecular flexibility index (Phi) is 7.21. The van der Waals surface area contributed by atoms with Crippen molar-refractivity contribution >= 4 is 40.5 Å². The van der Waals surface area contributed by atoms with E-state index in [2.05, 4.69) is 9.80 Å². The van der Waals surface area contributed by atoms with Gasteiger partial charge >= 0.3 is 5.97 Å². The maximum absolute atomic E-state index is 11.8. The molecule has 3 heterocycles. The summed E-state index contributed by atoms with van der Waals surface area (Å²) in [6.45, 7) is 3.65. The molecule has 0 amide bonds. The van der Waals surface area contributed by atoms with Crippen LogP contribution in [-0.4, -0.2) is 59.2 Å². The molecule has 2 aliphatic rings. The zero-order chi connectivity index (χ0) is 21.1. The highest BCUT2D eigenvalue weighted by Crippen LogP contribution is 2.31. The lowest BCUT2D eigenvalue weighted by molar-refractivity contribution is -0.144. The van der Waals surface area contributed by atoms with Crippen LogP contribution in [0.2, 0.25) is 10.0 Å². The zero-order valence-corrected chi connectivity index (χ0v) is 19.0. The molecule has 2 saturated heterocycles. The van der Waals surface area contributed by atoms with Crippen LogP contribution < -0.4 is 4.74 Å². The molecule has 5 nitrogen and oxygen atoms in total. The summed E-state index contributed by atoms with van der Waals surface area (Å²) in [4.78, 5) is 17.4. The van der Waals surface area contributed by atoms with E-state index in [-0.39, 0.29) is 6.10 Å². The van der Waals surface area contributed by atoms with Crippen LogP contribution in [0, 0.1) is 0 Å². The molecule has 162 valence electrons. The Bertz CT molecular complexity index is 848. The molecule has 0 saturated carbocycles. The third kappa shape index (κ3) is 5.11. The van der Waals surface area contributed by atoms with E-state index in [1.54, 1.807) is 12.1 Å². The molecule has 1 aromatic carbocycles. The van der Waals surface area contributed by atoms with Crippen LogP contribution in [0.1, 0.15) is 36.6 Å². The molecule has 4 rings (SSSR count). The van der Waals surface area contributed by atoms with Gasteiger partial charge in [0.05, 0.1) is 10.0 Å². The van der Waals surface area contributed by atoms with Gasteiger partial charge in [0.1, 0.15) is 17.9 Å². The van der Waals surface area contributed by atoms with Crippen molar-refractivity contribution in [2.45, 2.75) is 43.9 Å². The van der Waals surface area contributed by atoms with Gasteiger partial charge in [-0.1, -0.05) is 29.3 Å². The minimum Gasteiger partial charge on any atom is -0.490 e. The van der Waals surface area contributed by atoms with Crippen molar-refractivity contribution in [1.82, 2.24) is 9.80 Å². The van der Waals surface area contributed by atoms with Gasteiger partial charge in [0, 0.05) is 43.2 Å². The molecule has 1 unspecified atom stereocenters. The number of ether oxygens (including phenoxy) is 1. The molecule has 30 heavy (non-hydrogen) atoms. The van der Waals surface area contributed by atoms with Gasteiger partial charge in [0.15, 0.2) is 0 Å². The number of carboxylic acid groups (broad SMARTS) is 1. The first-order valence-corrected chi connectivity index (χ1v) is 12.0. The van der Waals surface area contributed by atoms with Crippen molar-refractivity contribution in [2.75, 3.05) is 26.2 Å². The van der Waals surface area contributed by atoms with Crippen LogP contribution in [0.5, 0.6) is 5.75 Å². The predicted molar refractivity (Wildman–Crippen MR) is 121 cm³/mol. The molecule has 2 aromatic rings. The van der Waals surface area contributed by atoms with Crippen molar-refractivity contribution in [3.63, 3.8) is 0 Å². The van der Waals surface area contributed by atoms with Crippen molar-refractivity contribution in [3.8, 4) is 5.75 Å². The van der Waals surface area contributed by atoms with Gasteiger partial charge in [-0.25, -0.2) is 0 Å². The highest BCUT2D eigenvalue weighted by atomic mass is 35.5. The summed E-state index contributed by atoms with van der Waals surface area (Å²) in [5.74, 6) is 0.0145. The van der Waals surface area contributed by atoms with E-state index in [4.69, 9.17) is 27.9 Å². The number of aliphatic carboxylic acids is 1. The Balaban J connectivity index is 1.26. The smallest absolute Gasteiger partial charge is 0.326 e. The number of likely N-dealkylation sites (tertiary alicyclic amines) is 2. The average Bonchev–Trinajstić information content (AvgIpc) is 3.26. The van der Waals surface area contributed by atoms with Crippen LogP contribution in [0.25, 0.3) is 0 Å². The van der Waals surface area contributed by atoms with Gasteiger partial charge < -0.3 is 14.7 Å². The number of rotatable bonds is 6. The van der Waals surface area contributed by atoms with E-state index in [1.165, 1.54) is 11.3 Å². The fourth-order valence-electron chi connectivity index (χ4n) is 4.52. The molecule has 8 heteroatoms. The Labute approximate surface area is 191 Å². The first-order chi connectivity index (χ1) is 14.5. The number of nitrogens with zero attached hydrogens (tertiary/aromatic N) is 2. The standard InChI is InChI=1S/C22H26Cl2N2O3S/c23-18-4-3-17(14-19(18)24)29-16-7-11-25(12-8-16)15-5-9-26(10-6-15)21(22(27)28)20-2-1-13-30-20/h1-4,13-16,21H,5-12H2,(H,27,28). The second-order valence-corrected chi connectivity index (χ2v) is 9.75. The third-order valence-electron chi connectivity index (χ3n) is 6.10. The summed E-state index contributed by atoms with van der Waals surface area (Å²) < 4.78 is 6.10. The molecule has 2 aliphatic heterocycles. The van der Waals surface area contributed by atoms with Gasteiger partial charge in [0.25, 0.3) is 0 Å². The SMILES string of the molecule is O=C(O)C(c1cccs1)N1CCC(N2CCC(Oc3ccc(Cl)c(Cl)c3)CC2)CC1. The summed E-state index contributed by atoms with van der Waals surface area (Å²) in [5, 5.41) is 12.7. The molecule has 0 spiro atoms. The second-order valence-electron chi connectivity index (χ2n) is 7.95. The Morgan fingerprint density at radius 2 is 1.80 bits per heavy atom. The highest BCUT2D eigenvalue weighted by Gasteiger charge is 2.34. The number of carbonyl (C=O) groups is 1. The summed E-state index contributed by atoms with van der Waals surface area (Å²) in [6.07, 6.45) is 4.16. The first-order valence-electron chi connectivity index (χ1n) is 10.4. The van der Waals surface area contributed by atoms with E-state index in [0.29, 0.717) is 16.1 Å². The van der Waals surface area contributed by atoms with Crippen LogP contribution >= 0.6 is 34.5 Å². The normalized spacial score (nSPS) is 20.9. The maximum Gasteiger partial charge on any atom is 0.326 e. The maximum atomic E-state index is 11.8. The summed E-state index contributed by atoms with van der Waals surface area (Å²) in [5.41, 5.74) is 0. The quantitative estimate of drug-likeness (QED) is 0.631. The number of hydrogen-bond donors (Lipinski definition) is 1. The minimum absolute atomic E-state index is 0.189. The molecule has 2 fully saturated rings. The zero-order valence-electron chi connectivity index (χ0n) is 16.7. The molecule has 0 radical (unpaired) electrons. The fraction of sp³-hybridized carbons (Fsp3) is 0.500. The number of thiophene rings is 1. The molecule has 1 aromatic heterocycles. The minimum atomic E-state index is -0.754. The summed E-state index contributed by atoms with van der Waals surface area (Å²) in [6, 6.07) is 9.26. The van der Waals surface area contributed by atoms with E-state index >= 15 is 0 Å². The Hall–Kier alpha value is -1.31. The van der Waals surface area contributed by atoms with E-state index in [1.807, 2.05) is 23.6 Å². The lowest BCUT2D eigenvalue weighted by Crippen LogP contribution is -2.50. The Morgan fingerprint density at radius 1 is 1.07 bits per heavy atom. The monoisotopic (exact) mass is 468 g/mol. The molecular weight excluding hydrogens is 443 g/mol. The second kappa shape index (κ2) is 9.88. The van der Waals surface area contributed by atoms with Crippen LogP contribution in [-0.2, 0) is 4.79 Å². The van der Waals surface area contributed by atoms with Crippen molar-refractivity contribution < 1.29 is 14.6 Å². The van der Waals surface area contributed by atoms with E-state index in [9.17, 15) is 9.90 Å². The highest BCUT2D eigenvalue weighted by molar-refractivity contribution is 7.10. The number of hydrogen-bond acceptors (Lipinski definition) is 5. The van der Waals surface area contributed by atoms with Crippen LogP contribution in [0.4, 0.5) is 0 Å². The lowest BCUT2D eigenvalue weighted by Gasteiger charge is -2.42. The summed E-state index contributed by atoms with van der Waals surface area (Å²) >= 11 is 13.6. The topological polar surface area (TPSA) is 53.0 Å². The van der Waals surface area contributed by atoms with E-state index in [0.717, 1.165) is 62.5 Å². The number of halogens is 2. The fourth-order valence-corrected chi connectivity index (χ4v) is 5.65. The molecular formula is C22H26Cl2N2O3S. The van der Waals surface area contributed by atoms with Gasteiger partial charge in [0.2, 0.25) is 0 Å². The largest absolute Gasteiger partial charge is 0.490 e. The van der Waals surface area contributed by atoms with Crippen LogP contribution in [0.15, 0.2) is 35.7 Å². The van der Waals surface area contributed by atoms with Crippen LogP contribution in [0.3, 0.4) is 0 Å². The Morgan fingerprint density at radius 3 is 2.40 bits per heavy atom. The summed E-state index contributed by atoms with van der Waals surface area (Å²) in [7, 11) is 0. The molecule has 1 atom stereocenters. The molecule has 1 N–H and O–H groups in total. The van der Waals surface area contributed by atoms with Crippen molar-refractivity contribution in [2.24, 2.45) is 0 Å². The van der Waals surface area contributed by atoms with Gasteiger partial charge in [-0.05, 0) is 49.3 Å². The number of benzene rings is 1. The number of carboxylic acids is 1. The third-order valence-corrected chi connectivity index (χ3v) is 7.76. The molecule has 0 aliphatic carbocycles. The van der Waals surface area contributed by atoms with E-state index < -0.39 is 12.0 Å². The van der Waals surface area contributed by atoms with Gasteiger partial charge in [-0.2, -0.15) is 0 Å². The predicted octanol–water partition coefficient (Wildman–Crippen LogP) is 5.19. The van der Waals surface area contributed by atoms with Gasteiger partial charge in [-0.3, -0.25) is 9.69 Å². The van der Waals surface area contributed by atoms with Crippen molar-refractivity contribution in [1.29, 1.82) is 0 Å². The lowest BCUT2D eigenvalue weighted by atomic mass is 9.97. The van der Waals surface area contributed by atoms with Crippen molar-refractivity contribution in [3.05, 3.63) is 50.6 Å².